The Hall–Kier alpha value is -3.95. The van der Waals surface area contributed by atoms with Gasteiger partial charge < -0.3 is 18.9 Å². The number of halogens is 1. The van der Waals surface area contributed by atoms with Crippen molar-refractivity contribution in [3.8, 4) is 23.0 Å². The number of imide groups is 1. The van der Waals surface area contributed by atoms with Crippen LogP contribution in [0.3, 0.4) is 0 Å². The average Bonchev–Trinajstić information content (AvgIpc) is 3.44. The van der Waals surface area contributed by atoms with Gasteiger partial charge in [0.1, 0.15) is 0 Å². The third-order valence-corrected chi connectivity index (χ3v) is 6.98. The number of thioether (sulfide) groups is 1. The maximum Gasteiger partial charge on any atom is 0.343 e. The predicted octanol–water partition coefficient (Wildman–Crippen LogP) is 5.84. The van der Waals surface area contributed by atoms with Crippen LogP contribution < -0.4 is 18.9 Å². The lowest BCUT2D eigenvalue weighted by Crippen LogP contribution is -2.27. The number of aryl methyl sites for hydroxylation is 1. The molecule has 37 heavy (non-hydrogen) atoms. The van der Waals surface area contributed by atoms with E-state index in [0.29, 0.717) is 39.0 Å². The number of carbonyl (C=O) groups is 3. The van der Waals surface area contributed by atoms with E-state index in [4.69, 9.17) is 30.5 Å². The minimum atomic E-state index is -0.519. The van der Waals surface area contributed by atoms with Gasteiger partial charge in [-0.15, -0.1) is 0 Å². The van der Waals surface area contributed by atoms with Crippen molar-refractivity contribution in [1.29, 1.82) is 0 Å². The lowest BCUT2D eigenvalue weighted by atomic mass is 10.1. The van der Waals surface area contributed by atoms with Gasteiger partial charge in [-0.2, -0.15) is 0 Å². The van der Waals surface area contributed by atoms with Crippen LogP contribution in [-0.2, 0) is 11.3 Å². The lowest BCUT2D eigenvalue weighted by molar-refractivity contribution is -0.123. The summed E-state index contributed by atoms with van der Waals surface area (Å²) in [6.45, 7) is 2.01. The molecule has 1 saturated heterocycles. The van der Waals surface area contributed by atoms with E-state index in [9.17, 15) is 14.4 Å². The van der Waals surface area contributed by atoms with Crippen LogP contribution >= 0.6 is 23.4 Å². The van der Waals surface area contributed by atoms with Crippen LogP contribution in [0.15, 0.2) is 59.5 Å². The van der Waals surface area contributed by atoms with E-state index in [2.05, 4.69) is 0 Å². The average molecular weight is 538 g/mol. The van der Waals surface area contributed by atoms with E-state index in [1.807, 2.05) is 19.1 Å². The zero-order chi connectivity index (χ0) is 26.1. The molecule has 0 aromatic heterocycles. The molecule has 0 N–H and O–H groups in total. The number of nitrogens with zero attached hydrogens (tertiary/aromatic N) is 1. The molecule has 0 saturated carbocycles. The van der Waals surface area contributed by atoms with Crippen molar-refractivity contribution in [3.05, 3.63) is 86.8 Å². The van der Waals surface area contributed by atoms with Gasteiger partial charge in [-0.1, -0.05) is 35.4 Å². The van der Waals surface area contributed by atoms with Crippen LogP contribution in [0.4, 0.5) is 4.79 Å². The molecule has 188 valence electrons. The Morgan fingerprint density at radius 3 is 2.51 bits per heavy atom. The van der Waals surface area contributed by atoms with Crippen molar-refractivity contribution in [3.63, 3.8) is 0 Å². The Morgan fingerprint density at radius 1 is 1.05 bits per heavy atom. The van der Waals surface area contributed by atoms with E-state index in [1.165, 1.54) is 7.11 Å². The van der Waals surface area contributed by atoms with Crippen molar-refractivity contribution in [2.75, 3.05) is 13.9 Å². The molecule has 3 aromatic rings. The van der Waals surface area contributed by atoms with Crippen LogP contribution in [0.2, 0.25) is 5.02 Å². The van der Waals surface area contributed by atoms with Crippen molar-refractivity contribution < 1.29 is 33.3 Å². The first-order valence-corrected chi connectivity index (χ1v) is 12.3. The molecule has 10 heteroatoms. The molecule has 0 radical (unpaired) electrons. The molecule has 2 aliphatic rings. The number of methoxy groups -OCH3 is 1. The smallest absolute Gasteiger partial charge is 0.343 e. The van der Waals surface area contributed by atoms with Crippen molar-refractivity contribution >= 4 is 46.6 Å². The summed E-state index contributed by atoms with van der Waals surface area (Å²) < 4.78 is 21.6. The van der Waals surface area contributed by atoms with E-state index < -0.39 is 17.1 Å². The number of hydrogen-bond donors (Lipinski definition) is 0. The standard InChI is InChI=1S/C27H20ClNO7S/c1-15-3-6-17(7-4-15)26(31)36-20-8-5-16(9-21(20)33-2)10-24-25(30)29(27(32)37-24)13-18-11-22-23(12-19(18)28)35-14-34-22/h3-12H,13-14H2,1-2H3/b24-10-. The van der Waals surface area contributed by atoms with Crippen molar-refractivity contribution in [1.82, 2.24) is 4.90 Å². The maximum absolute atomic E-state index is 13.0. The normalized spacial score (nSPS) is 15.4. The quantitative estimate of drug-likeness (QED) is 0.220. The summed E-state index contributed by atoms with van der Waals surface area (Å²) in [5.74, 6) is 0.602. The van der Waals surface area contributed by atoms with Crippen molar-refractivity contribution in [2.45, 2.75) is 13.5 Å². The van der Waals surface area contributed by atoms with Gasteiger partial charge in [0.15, 0.2) is 23.0 Å². The Morgan fingerprint density at radius 2 is 1.78 bits per heavy atom. The maximum atomic E-state index is 13.0. The molecule has 1 fully saturated rings. The van der Waals surface area contributed by atoms with Gasteiger partial charge in [0, 0.05) is 11.1 Å². The Labute approximate surface area is 221 Å². The van der Waals surface area contributed by atoms with E-state index in [1.54, 1.807) is 48.5 Å². The van der Waals surface area contributed by atoms with Crippen LogP contribution in [-0.4, -0.2) is 35.9 Å². The summed E-state index contributed by atoms with van der Waals surface area (Å²) in [7, 11) is 1.45. The highest BCUT2D eigenvalue weighted by Gasteiger charge is 2.36. The summed E-state index contributed by atoms with van der Waals surface area (Å²) in [5.41, 5.74) is 2.60. The molecule has 2 amide bonds. The first-order valence-electron chi connectivity index (χ1n) is 11.1. The fraction of sp³-hybridized carbons (Fsp3) is 0.148. The first-order chi connectivity index (χ1) is 17.8. The molecule has 8 nitrogen and oxygen atoms in total. The summed E-state index contributed by atoms with van der Waals surface area (Å²) in [6, 6.07) is 15.2. The monoisotopic (exact) mass is 537 g/mol. The van der Waals surface area contributed by atoms with E-state index >= 15 is 0 Å². The number of benzene rings is 3. The summed E-state index contributed by atoms with van der Waals surface area (Å²) in [5, 5.41) is -0.0478. The number of amides is 2. The van der Waals surface area contributed by atoms with Gasteiger partial charge in [-0.3, -0.25) is 14.5 Å². The lowest BCUT2D eigenvalue weighted by Gasteiger charge is -2.14. The van der Waals surface area contributed by atoms with E-state index in [0.717, 1.165) is 22.2 Å². The van der Waals surface area contributed by atoms with Gasteiger partial charge in [0.05, 0.1) is 24.1 Å². The fourth-order valence-electron chi connectivity index (χ4n) is 3.75. The number of esters is 1. The molecule has 5 rings (SSSR count). The van der Waals surface area contributed by atoms with Gasteiger partial charge in [0.25, 0.3) is 11.1 Å². The topological polar surface area (TPSA) is 91.4 Å². The molecule has 0 spiro atoms. The van der Waals surface area contributed by atoms with Gasteiger partial charge in [-0.25, -0.2) is 4.79 Å². The molecule has 3 aromatic carbocycles. The Balaban J connectivity index is 1.33. The van der Waals surface area contributed by atoms with Gasteiger partial charge >= 0.3 is 5.97 Å². The molecular formula is C27H20ClNO7S. The zero-order valence-electron chi connectivity index (χ0n) is 19.8. The summed E-state index contributed by atoms with van der Waals surface area (Å²) >= 11 is 7.15. The highest BCUT2D eigenvalue weighted by Crippen LogP contribution is 2.40. The molecule has 0 unspecified atom stereocenters. The van der Waals surface area contributed by atoms with Crippen molar-refractivity contribution in [2.24, 2.45) is 0 Å². The van der Waals surface area contributed by atoms with Gasteiger partial charge in [-0.05, 0) is 66.2 Å². The second kappa shape index (κ2) is 10.2. The predicted molar refractivity (Wildman–Crippen MR) is 138 cm³/mol. The molecule has 0 aliphatic carbocycles. The van der Waals surface area contributed by atoms with Crippen LogP contribution in [0.1, 0.15) is 27.0 Å². The minimum Gasteiger partial charge on any atom is -0.493 e. The highest BCUT2D eigenvalue weighted by molar-refractivity contribution is 8.18. The van der Waals surface area contributed by atoms with Gasteiger partial charge in [0.2, 0.25) is 6.79 Å². The summed E-state index contributed by atoms with van der Waals surface area (Å²) in [6.07, 6.45) is 1.58. The molecule has 0 atom stereocenters. The third-order valence-electron chi connectivity index (χ3n) is 5.72. The Bertz CT molecular complexity index is 1450. The second-order valence-corrected chi connectivity index (χ2v) is 9.63. The second-order valence-electron chi connectivity index (χ2n) is 8.23. The SMILES string of the molecule is COc1cc(/C=C2\SC(=O)N(Cc3cc4c(cc3Cl)OCO4)C2=O)ccc1OC(=O)c1ccc(C)cc1. The fourth-order valence-corrected chi connectivity index (χ4v) is 4.80. The number of fused-ring (bicyclic) bond motifs is 1. The number of rotatable bonds is 6. The molecule has 2 heterocycles. The molecule has 0 bridgehead atoms. The van der Waals surface area contributed by atoms with E-state index in [-0.39, 0.29) is 24.0 Å². The third kappa shape index (κ3) is 5.14. The van der Waals surface area contributed by atoms with Crippen LogP contribution in [0, 0.1) is 6.92 Å². The zero-order valence-corrected chi connectivity index (χ0v) is 21.4. The van der Waals surface area contributed by atoms with Crippen LogP contribution in [0.5, 0.6) is 23.0 Å². The highest BCUT2D eigenvalue weighted by atomic mass is 35.5. The summed E-state index contributed by atoms with van der Waals surface area (Å²) in [4.78, 5) is 39.5. The van der Waals surface area contributed by atoms with Crippen LogP contribution in [0.25, 0.3) is 6.08 Å². The first kappa shape index (κ1) is 24.7. The number of hydrogen-bond acceptors (Lipinski definition) is 8. The molecule has 2 aliphatic heterocycles. The molecular weight excluding hydrogens is 518 g/mol. The largest absolute Gasteiger partial charge is 0.493 e. The Kier molecular flexibility index (Phi) is 6.82. The minimum absolute atomic E-state index is 0.00526. The number of ether oxygens (including phenoxy) is 4. The number of carbonyl (C=O) groups excluding carboxylic acids is 3.